The van der Waals surface area contributed by atoms with Gasteiger partial charge in [-0.3, -0.25) is 0 Å². The third-order valence-electron chi connectivity index (χ3n) is 4.93. The highest BCUT2D eigenvalue weighted by atomic mass is 79.9. The van der Waals surface area contributed by atoms with Crippen molar-refractivity contribution in [3.05, 3.63) is 99.8 Å². The summed E-state index contributed by atoms with van der Waals surface area (Å²) in [6.07, 6.45) is 1.91. The Labute approximate surface area is 179 Å². The van der Waals surface area contributed by atoms with Crippen LogP contribution in [0.3, 0.4) is 0 Å². The monoisotopic (exact) mass is 447 g/mol. The Balaban J connectivity index is 1.44. The summed E-state index contributed by atoms with van der Waals surface area (Å²) in [7, 11) is 0. The fourth-order valence-corrected chi connectivity index (χ4v) is 3.74. The van der Waals surface area contributed by atoms with Gasteiger partial charge in [-0.25, -0.2) is 4.68 Å². The zero-order valence-corrected chi connectivity index (χ0v) is 18.1. The van der Waals surface area contributed by atoms with Crippen molar-refractivity contribution in [2.75, 3.05) is 0 Å². The van der Waals surface area contributed by atoms with Crippen LogP contribution < -0.4 is 0 Å². The third-order valence-corrected chi connectivity index (χ3v) is 5.60. The van der Waals surface area contributed by atoms with Crippen molar-refractivity contribution in [3.63, 3.8) is 0 Å². The van der Waals surface area contributed by atoms with Gasteiger partial charge in [0.15, 0.2) is 0 Å². The molecule has 0 aliphatic carbocycles. The molecule has 0 aliphatic rings. The van der Waals surface area contributed by atoms with Crippen molar-refractivity contribution in [3.8, 4) is 16.8 Å². The van der Waals surface area contributed by atoms with Crippen LogP contribution in [-0.2, 0) is 18.0 Å². The third kappa shape index (κ3) is 4.47. The van der Waals surface area contributed by atoms with Crippen LogP contribution in [0.4, 0.5) is 0 Å². The fraction of sp³-hybridized carbons (Fsp3) is 0.167. The Morgan fingerprint density at radius 1 is 0.931 bits per heavy atom. The second kappa shape index (κ2) is 8.72. The van der Waals surface area contributed by atoms with Crippen molar-refractivity contribution >= 4 is 15.9 Å². The zero-order chi connectivity index (χ0) is 20.2. The smallest absolute Gasteiger partial charge is 0.109 e. The predicted octanol–water partition coefficient (Wildman–Crippen LogP) is 6.03. The Bertz CT molecular complexity index is 1120. The van der Waals surface area contributed by atoms with Gasteiger partial charge in [-0.15, -0.1) is 5.10 Å². The Morgan fingerprint density at radius 2 is 1.76 bits per heavy atom. The molecular weight excluding hydrogens is 426 g/mol. The van der Waals surface area contributed by atoms with Crippen LogP contribution in [0.15, 0.2) is 77.4 Å². The standard InChI is InChI=1S/C24H22BrN3O/c1-17-11-12-23(25)24(13-17)28-14-21(26-27-28)16-29-15-20-9-6-10-22(18(20)2)19-7-4-3-5-8-19/h3-14H,15-16H2,1-2H3. The number of benzene rings is 3. The molecule has 3 aromatic carbocycles. The summed E-state index contributed by atoms with van der Waals surface area (Å²) in [4.78, 5) is 0. The van der Waals surface area contributed by atoms with E-state index in [0.29, 0.717) is 13.2 Å². The molecule has 4 rings (SSSR count). The van der Waals surface area contributed by atoms with E-state index in [4.69, 9.17) is 4.74 Å². The fourth-order valence-electron chi connectivity index (χ4n) is 3.32. The van der Waals surface area contributed by atoms with Gasteiger partial charge >= 0.3 is 0 Å². The lowest BCUT2D eigenvalue weighted by Crippen LogP contribution is -1.98. The number of hydrogen-bond acceptors (Lipinski definition) is 3. The minimum atomic E-state index is 0.415. The van der Waals surface area contributed by atoms with E-state index in [0.717, 1.165) is 15.9 Å². The zero-order valence-electron chi connectivity index (χ0n) is 16.5. The van der Waals surface area contributed by atoms with Crippen molar-refractivity contribution in [2.24, 2.45) is 0 Å². The second-order valence-electron chi connectivity index (χ2n) is 7.06. The molecule has 4 nitrogen and oxygen atoms in total. The van der Waals surface area contributed by atoms with Crippen molar-refractivity contribution in [2.45, 2.75) is 27.1 Å². The summed E-state index contributed by atoms with van der Waals surface area (Å²) in [5, 5.41) is 8.49. The van der Waals surface area contributed by atoms with E-state index >= 15 is 0 Å². The first kappa shape index (κ1) is 19.6. The molecule has 146 valence electrons. The maximum absolute atomic E-state index is 5.95. The Kier molecular flexibility index (Phi) is 5.88. The maximum Gasteiger partial charge on any atom is 0.109 e. The van der Waals surface area contributed by atoms with Crippen molar-refractivity contribution in [1.82, 2.24) is 15.0 Å². The average Bonchev–Trinajstić information content (AvgIpc) is 3.20. The maximum atomic E-state index is 5.95. The van der Waals surface area contributed by atoms with Crippen molar-refractivity contribution < 1.29 is 4.74 Å². The minimum Gasteiger partial charge on any atom is -0.370 e. The summed E-state index contributed by atoms with van der Waals surface area (Å²) >= 11 is 3.57. The van der Waals surface area contributed by atoms with Gasteiger partial charge in [-0.1, -0.05) is 59.8 Å². The molecule has 0 amide bonds. The summed E-state index contributed by atoms with van der Waals surface area (Å²) in [6.45, 7) is 5.15. The quantitative estimate of drug-likeness (QED) is 0.362. The number of aromatic nitrogens is 3. The molecule has 0 saturated heterocycles. The molecule has 0 aliphatic heterocycles. The lowest BCUT2D eigenvalue weighted by atomic mass is 9.97. The molecule has 5 heteroatoms. The minimum absolute atomic E-state index is 0.415. The number of aryl methyl sites for hydroxylation is 1. The molecule has 29 heavy (non-hydrogen) atoms. The summed E-state index contributed by atoms with van der Waals surface area (Å²) in [5.74, 6) is 0. The van der Waals surface area contributed by atoms with Gasteiger partial charge in [-0.05, 0) is 69.7 Å². The highest BCUT2D eigenvalue weighted by Gasteiger charge is 2.09. The van der Waals surface area contributed by atoms with Crippen LogP contribution in [0.2, 0.25) is 0 Å². The number of hydrogen-bond donors (Lipinski definition) is 0. The Hall–Kier alpha value is -2.76. The van der Waals surface area contributed by atoms with E-state index in [2.05, 4.69) is 94.7 Å². The molecule has 1 aromatic heterocycles. The van der Waals surface area contributed by atoms with Gasteiger partial charge in [0.2, 0.25) is 0 Å². The topological polar surface area (TPSA) is 39.9 Å². The van der Waals surface area contributed by atoms with E-state index in [1.807, 2.05) is 18.3 Å². The highest BCUT2D eigenvalue weighted by molar-refractivity contribution is 9.10. The number of ether oxygens (including phenoxy) is 1. The molecule has 0 unspecified atom stereocenters. The number of rotatable bonds is 6. The van der Waals surface area contributed by atoms with Crippen molar-refractivity contribution in [1.29, 1.82) is 0 Å². The van der Waals surface area contributed by atoms with Crippen LogP contribution in [0.1, 0.15) is 22.4 Å². The predicted molar refractivity (Wildman–Crippen MR) is 119 cm³/mol. The van der Waals surface area contributed by atoms with E-state index in [-0.39, 0.29) is 0 Å². The molecule has 0 bridgehead atoms. The van der Waals surface area contributed by atoms with Gasteiger partial charge in [0.1, 0.15) is 5.69 Å². The van der Waals surface area contributed by atoms with Crippen LogP contribution in [0, 0.1) is 13.8 Å². The van der Waals surface area contributed by atoms with Gasteiger partial charge in [-0.2, -0.15) is 0 Å². The summed E-state index contributed by atoms with van der Waals surface area (Å²) in [5.41, 5.74) is 7.82. The highest BCUT2D eigenvalue weighted by Crippen LogP contribution is 2.26. The van der Waals surface area contributed by atoms with E-state index in [9.17, 15) is 0 Å². The number of halogens is 1. The summed E-state index contributed by atoms with van der Waals surface area (Å²) in [6, 6.07) is 22.9. The van der Waals surface area contributed by atoms with E-state index < -0.39 is 0 Å². The second-order valence-corrected chi connectivity index (χ2v) is 7.91. The van der Waals surface area contributed by atoms with Crippen LogP contribution >= 0.6 is 15.9 Å². The van der Waals surface area contributed by atoms with Gasteiger partial charge < -0.3 is 4.74 Å². The largest absolute Gasteiger partial charge is 0.370 e. The van der Waals surface area contributed by atoms with Gasteiger partial charge in [0, 0.05) is 4.47 Å². The first-order chi connectivity index (χ1) is 14.1. The SMILES string of the molecule is Cc1ccc(Br)c(-n2cc(COCc3cccc(-c4ccccc4)c3C)nn2)c1. The summed E-state index contributed by atoms with van der Waals surface area (Å²) < 4.78 is 8.71. The molecule has 1 heterocycles. The average molecular weight is 448 g/mol. The molecular formula is C24H22BrN3O. The van der Waals surface area contributed by atoms with Gasteiger partial charge in [0.05, 0.1) is 25.1 Å². The molecule has 0 saturated carbocycles. The van der Waals surface area contributed by atoms with Gasteiger partial charge in [0.25, 0.3) is 0 Å². The van der Waals surface area contributed by atoms with Crippen LogP contribution in [0.5, 0.6) is 0 Å². The first-order valence-corrected chi connectivity index (χ1v) is 10.3. The molecule has 0 spiro atoms. The molecule has 0 fully saturated rings. The van der Waals surface area contributed by atoms with E-state index in [1.165, 1.54) is 27.8 Å². The normalized spacial score (nSPS) is 11.0. The molecule has 4 aromatic rings. The Morgan fingerprint density at radius 3 is 2.59 bits per heavy atom. The number of nitrogens with zero attached hydrogens (tertiary/aromatic N) is 3. The molecule has 0 radical (unpaired) electrons. The van der Waals surface area contributed by atoms with Crippen LogP contribution in [-0.4, -0.2) is 15.0 Å². The molecule has 0 N–H and O–H groups in total. The van der Waals surface area contributed by atoms with E-state index in [1.54, 1.807) is 4.68 Å². The lowest BCUT2D eigenvalue weighted by molar-refractivity contribution is 0.104. The lowest BCUT2D eigenvalue weighted by Gasteiger charge is -2.11. The molecule has 0 atom stereocenters. The first-order valence-electron chi connectivity index (χ1n) is 9.51. The van der Waals surface area contributed by atoms with Crippen LogP contribution in [0.25, 0.3) is 16.8 Å².